The van der Waals surface area contributed by atoms with E-state index in [-0.39, 0.29) is 0 Å². The van der Waals surface area contributed by atoms with Gasteiger partial charge in [-0.3, -0.25) is 0 Å². The number of aliphatic imine (C=N–C) groups is 1. The minimum Gasteiger partial charge on any atom is -0.227 e. The molecule has 126 valence electrons. The maximum atomic E-state index is 6.04. The van der Waals surface area contributed by atoms with Crippen LogP contribution in [0.5, 0.6) is 0 Å². The highest BCUT2D eigenvalue weighted by atomic mass is 35.5. The number of halogens is 1. The third kappa shape index (κ3) is 3.74. The van der Waals surface area contributed by atoms with Gasteiger partial charge in [0.1, 0.15) is 0 Å². The molecule has 0 unspecified atom stereocenters. The number of nitrogens with zero attached hydrogens (tertiary/aromatic N) is 2. The van der Waals surface area contributed by atoms with Gasteiger partial charge in [-0.1, -0.05) is 95.7 Å². The maximum absolute atomic E-state index is 6.04. The van der Waals surface area contributed by atoms with E-state index in [0.29, 0.717) is 5.02 Å². The molecule has 4 aromatic rings. The number of aromatic nitrogens is 1. The number of thiazole rings is 1. The molecule has 0 aliphatic heterocycles. The molecule has 1 aromatic heterocycles. The Balaban J connectivity index is 1.76. The molecule has 0 amide bonds. The number of hydrogen-bond donors (Lipinski definition) is 0. The second-order valence-corrected chi connectivity index (χ2v) is 7.13. The zero-order chi connectivity index (χ0) is 17.8. The summed E-state index contributed by atoms with van der Waals surface area (Å²) in [5.74, 6) is 0. The minimum atomic E-state index is 0.697. The van der Waals surface area contributed by atoms with Gasteiger partial charge in [-0.25, -0.2) is 9.98 Å². The van der Waals surface area contributed by atoms with Gasteiger partial charge in [-0.15, -0.1) is 0 Å². The van der Waals surface area contributed by atoms with Crippen LogP contribution < -0.4 is 0 Å². The van der Waals surface area contributed by atoms with E-state index in [1.807, 2.05) is 60.7 Å². The van der Waals surface area contributed by atoms with Gasteiger partial charge in [0.15, 0.2) is 0 Å². The highest BCUT2D eigenvalue weighted by molar-refractivity contribution is 7.19. The average Bonchev–Trinajstić information content (AvgIpc) is 3.12. The molecule has 0 aliphatic carbocycles. The van der Waals surface area contributed by atoms with Crippen LogP contribution in [0.15, 0.2) is 89.9 Å². The predicted octanol–water partition coefficient (Wildman–Crippen LogP) is 6.88. The summed E-state index contributed by atoms with van der Waals surface area (Å²) in [7, 11) is 0. The molecule has 3 aromatic carbocycles. The van der Waals surface area contributed by atoms with Crippen molar-refractivity contribution in [1.29, 1.82) is 0 Å². The molecule has 0 atom stereocenters. The highest BCUT2D eigenvalue weighted by Crippen LogP contribution is 2.39. The van der Waals surface area contributed by atoms with Gasteiger partial charge in [0.25, 0.3) is 0 Å². The van der Waals surface area contributed by atoms with Crippen LogP contribution in [-0.4, -0.2) is 11.2 Å². The van der Waals surface area contributed by atoms with Crippen LogP contribution in [0.1, 0.15) is 5.56 Å². The second kappa shape index (κ2) is 7.65. The van der Waals surface area contributed by atoms with Crippen LogP contribution in [0.3, 0.4) is 0 Å². The topological polar surface area (TPSA) is 25.2 Å². The Labute approximate surface area is 161 Å². The molecule has 0 bridgehead atoms. The first kappa shape index (κ1) is 16.7. The van der Waals surface area contributed by atoms with E-state index in [9.17, 15) is 0 Å². The summed E-state index contributed by atoms with van der Waals surface area (Å²) in [5, 5.41) is 1.42. The van der Waals surface area contributed by atoms with Gasteiger partial charge in [0.05, 0.1) is 10.6 Å². The quantitative estimate of drug-likeness (QED) is 0.357. The summed E-state index contributed by atoms with van der Waals surface area (Å²) in [4.78, 5) is 10.5. The third-order valence-electron chi connectivity index (χ3n) is 3.87. The number of rotatable bonds is 4. The number of hydrogen-bond acceptors (Lipinski definition) is 3. The van der Waals surface area contributed by atoms with Crippen LogP contribution in [-0.2, 0) is 0 Å². The highest BCUT2D eigenvalue weighted by Gasteiger charge is 2.14. The Kier molecular flexibility index (Phi) is 4.91. The number of benzene rings is 3. The molecule has 1 heterocycles. The molecule has 0 saturated heterocycles. The SMILES string of the molecule is Clc1cccc(C=Nc2nc(-c3ccccc3)c(-c3ccccc3)s2)c1. The van der Waals surface area contributed by atoms with Crippen molar-refractivity contribution in [2.45, 2.75) is 0 Å². The molecule has 0 N–H and O–H groups in total. The summed E-state index contributed by atoms with van der Waals surface area (Å²) >= 11 is 7.63. The summed E-state index contributed by atoms with van der Waals surface area (Å²) in [6.07, 6.45) is 1.80. The molecule has 0 aliphatic rings. The van der Waals surface area contributed by atoms with Crippen molar-refractivity contribution in [2.75, 3.05) is 0 Å². The molecule has 4 rings (SSSR count). The fourth-order valence-electron chi connectivity index (χ4n) is 2.66. The molecule has 0 radical (unpaired) electrons. The largest absolute Gasteiger partial charge is 0.227 e. The fraction of sp³-hybridized carbons (Fsp3) is 0. The van der Waals surface area contributed by atoms with Crippen molar-refractivity contribution >= 4 is 34.3 Å². The molecule has 0 spiro atoms. The first-order valence-electron chi connectivity index (χ1n) is 8.21. The first-order valence-corrected chi connectivity index (χ1v) is 9.40. The zero-order valence-electron chi connectivity index (χ0n) is 13.8. The Morgan fingerprint density at radius 2 is 1.50 bits per heavy atom. The standard InChI is InChI=1S/C22H15ClN2S/c23-19-13-7-8-16(14-19)15-24-22-25-20(17-9-3-1-4-10-17)21(26-22)18-11-5-2-6-12-18/h1-15H. The third-order valence-corrected chi connectivity index (χ3v) is 5.12. The lowest BCUT2D eigenvalue weighted by atomic mass is 10.1. The van der Waals surface area contributed by atoms with Gasteiger partial charge < -0.3 is 0 Å². The molecule has 2 nitrogen and oxygen atoms in total. The van der Waals surface area contributed by atoms with Gasteiger partial charge in [-0.2, -0.15) is 0 Å². The van der Waals surface area contributed by atoms with E-state index in [0.717, 1.165) is 32.4 Å². The normalized spacial score (nSPS) is 11.1. The Morgan fingerprint density at radius 1 is 0.808 bits per heavy atom. The Bertz CT molecular complexity index is 983. The van der Waals surface area contributed by atoms with E-state index >= 15 is 0 Å². The van der Waals surface area contributed by atoms with Crippen molar-refractivity contribution < 1.29 is 0 Å². The molecule has 4 heteroatoms. The lowest BCUT2D eigenvalue weighted by Crippen LogP contribution is -1.81. The summed E-state index contributed by atoms with van der Waals surface area (Å²) in [6, 6.07) is 28.1. The molecule has 26 heavy (non-hydrogen) atoms. The van der Waals surface area contributed by atoms with E-state index in [1.165, 1.54) is 0 Å². The first-order chi connectivity index (χ1) is 12.8. The van der Waals surface area contributed by atoms with Crippen molar-refractivity contribution in [3.05, 3.63) is 95.5 Å². The fourth-order valence-corrected chi connectivity index (χ4v) is 3.80. The van der Waals surface area contributed by atoms with Gasteiger partial charge in [0, 0.05) is 16.8 Å². The van der Waals surface area contributed by atoms with Crippen molar-refractivity contribution in [3.8, 4) is 21.7 Å². The Morgan fingerprint density at radius 3 is 2.19 bits per heavy atom. The van der Waals surface area contributed by atoms with Crippen molar-refractivity contribution in [3.63, 3.8) is 0 Å². The lowest BCUT2D eigenvalue weighted by Gasteiger charge is -2.02. The van der Waals surface area contributed by atoms with Crippen molar-refractivity contribution in [1.82, 2.24) is 4.98 Å². The van der Waals surface area contributed by atoms with Crippen LogP contribution in [0.4, 0.5) is 5.13 Å². The summed E-state index contributed by atoms with van der Waals surface area (Å²) in [6.45, 7) is 0. The molecular formula is C22H15ClN2S. The molecule has 0 fully saturated rings. The van der Waals surface area contributed by atoms with Gasteiger partial charge in [0.2, 0.25) is 5.13 Å². The van der Waals surface area contributed by atoms with Crippen LogP contribution in [0, 0.1) is 0 Å². The molecule has 0 saturated carbocycles. The van der Waals surface area contributed by atoms with Gasteiger partial charge in [-0.05, 0) is 23.3 Å². The van der Waals surface area contributed by atoms with E-state index in [4.69, 9.17) is 16.6 Å². The maximum Gasteiger partial charge on any atom is 0.210 e. The summed E-state index contributed by atoms with van der Waals surface area (Å²) < 4.78 is 0. The smallest absolute Gasteiger partial charge is 0.210 e. The van der Waals surface area contributed by atoms with Crippen LogP contribution in [0.2, 0.25) is 5.02 Å². The van der Waals surface area contributed by atoms with E-state index in [1.54, 1.807) is 17.6 Å². The average molecular weight is 375 g/mol. The monoisotopic (exact) mass is 374 g/mol. The minimum absolute atomic E-state index is 0.697. The Hall–Kier alpha value is -2.75. The second-order valence-electron chi connectivity index (χ2n) is 5.72. The predicted molar refractivity (Wildman–Crippen MR) is 112 cm³/mol. The van der Waals surface area contributed by atoms with Crippen molar-refractivity contribution in [2.24, 2.45) is 4.99 Å². The van der Waals surface area contributed by atoms with E-state index in [2.05, 4.69) is 29.3 Å². The van der Waals surface area contributed by atoms with Crippen LogP contribution in [0.25, 0.3) is 21.7 Å². The molecular weight excluding hydrogens is 360 g/mol. The summed E-state index contributed by atoms with van der Waals surface area (Å²) in [5.41, 5.74) is 4.15. The zero-order valence-corrected chi connectivity index (χ0v) is 15.4. The lowest BCUT2D eigenvalue weighted by molar-refractivity contribution is 1.36. The van der Waals surface area contributed by atoms with Crippen LogP contribution >= 0.6 is 22.9 Å². The van der Waals surface area contributed by atoms with E-state index < -0.39 is 0 Å². The van der Waals surface area contributed by atoms with Gasteiger partial charge >= 0.3 is 0 Å².